The lowest BCUT2D eigenvalue weighted by molar-refractivity contribution is -0.00962. The highest BCUT2D eigenvalue weighted by Crippen LogP contribution is 2.33. The Kier molecular flexibility index (Phi) is 4.66. The van der Waals surface area contributed by atoms with Gasteiger partial charge in [0.25, 0.3) is 5.91 Å². The number of hydrogen-bond acceptors (Lipinski definition) is 3. The van der Waals surface area contributed by atoms with E-state index in [1.54, 1.807) is 0 Å². The second-order valence-electron chi connectivity index (χ2n) is 6.99. The number of carbonyl (C=O) groups is 1. The fourth-order valence-corrected chi connectivity index (χ4v) is 4.07. The fraction of sp³-hybridized carbons (Fsp3) is 0.550. The van der Waals surface area contributed by atoms with Crippen molar-refractivity contribution in [2.45, 2.75) is 51.1 Å². The Morgan fingerprint density at radius 3 is 2.84 bits per heavy atom. The summed E-state index contributed by atoms with van der Waals surface area (Å²) in [7, 11) is 0. The van der Waals surface area contributed by atoms with Crippen molar-refractivity contribution in [3.63, 3.8) is 0 Å². The highest BCUT2D eigenvalue weighted by atomic mass is 16.5. The predicted octanol–water partition coefficient (Wildman–Crippen LogP) is 3.97. The van der Waals surface area contributed by atoms with Gasteiger partial charge in [-0.15, -0.1) is 0 Å². The van der Waals surface area contributed by atoms with Crippen LogP contribution in [0.1, 0.15) is 66.7 Å². The fourth-order valence-electron chi connectivity index (χ4n) is 4.07. The molecule has 0 unspecified atom stereocenters. The van der Waals surface area contributed by atoms with Crippen molar-refractivity contribution >= 4 is 5.91 Å². The van der Waals surface area contributed by atoms with Crippen molar-refractivity contribution in [1.29, 1.82) is 0 Å². The molecular weight excluding hydrogens is 316 g/mol. The standard InChI is InChI=1S/C20H26N2O3/c1-2-16-9-10-19(25-16)18-14-24-13-12-22(18)20(23)17-8-5-11-21(17)15-6-3-4-7-15/h5,8-11,15,18H,2-4,6-7,12-14H2,1H3/t18-/m1/s1. The average Bonchev–Trinajstić information content (AvgIpc) is 3.41. The maximum Gasteiger partial charge on any atom is 0.271 e. The molecule has 1 aliphatic carbocycles. The van der Waals surface area contributed by atoms with E-state index in [0.717, 1.165) is 23.6 Å². The molecule has 0 radical (unpaired) electrons. The summed E-state index contributed by atoms with van der Waals surface area (Å²) < 4.78 is 13.7. The van der Waals surface area contributed by atoms with E-state index in [1.165, 1.54) is 25.7 Å². The van der Waals surface area contributed by atoms with E-state index >= 15 is 0 Å². The zero-order valence-corrected chi connectivity index (χ0v) is 14.8. The molecule has 1 saturated carbocycles. The second kappa shape index (κ2) is 7.08. The summed E-state index contributed by atoms with van der Waals surface area (Å²) in [6.07, 6.45) is 7.75. The smallest absolute Gasteiger partial charge is 0.271 e. The quantitative estimate of drug-likeness (QED) is 0.844. The van der Waals surface area contributed by atoms with Crippen LogP contribution in [0.2, 0.25) is 0 Å². The molecule has 1 atom stereocenters. The largest absolute Gasteiger partial charge is 0.464 e. The molecule has 0 bridgehead atoms. The van der Waals surface area contributed by atoms with Gasteiger partial charge in [0.15, 0.2) is 0 Å². The minimum Gasteiger partial charge on any atom is -0.464 e. The Hall–Kier alpha value is -2.01. The summed E-state index contributed by atoms with van der Waals surface area (Å²) in [4.78, 5) is 15.2. The predicted molar refractivity (Wildman–Crippen MR) is 94.6 cm³/mol. The van der Waals surface area contributed by atoms with Gasteiger partial charge in [-0.05, 0) is 37.1 Å². The number of morpholine rings is 1. The van der Waals surface area contributed by atoms with Crippen molar-refractivity contribution < 1.29 is 13.9 Å². The monoisotopic (exact) mass is 342 g/mol. The Labute approximate surface area is 148 Å². The second-order valence-corrected chi connectivity index (χ2v) is 6.99. The molecule has 0 N–H and O–H groups in total. The van der Waals surface area contributed by atoms with Gasteiger partial charge in [0.1, 0.15) is 23.3 Å². The van der Waals surface area contributed by atoms with Crippen molar-refractivity contribution in [2.24, 2.45) is 0 Å². The normalized spacial score (nSPS) is 21.8. The van der Waals surface area contributed by atoms with Crippen LogP contribution in [0.5, 0.6) is 0 Å². The van der Waals surface area contributed by atoms with Crippen molar-refractivity contribution in [1.82, 2.24) is 9.47 Å². The molecule has 2 aliphatic rings. The first-order chi connectivity index (χ1) is 12.3. The Bertz CT molecular complexity index is 727. The molecule has 134 valence electrons. The number of rotatable bonds is 4. The molecule has 5 heteroatoms. The molecule has 4 rings (SSSR count). The number of hydrogen-bond donors (Lipinski definition) is 0. The van der Waals surface area contributed by atoms with Gasteiger partial charge in [0.05, 0.1) is 13.2 Å². The summed E-state index contributed by atoms with van der Waals surface area (Å²) in [6.45, 7) is 3.74. The van der Waals surface area contributed by atoms with Crippen LogP contribution in [0.15, 0.2) is 34.9 Å². The maximum atomic E-state index is 13.3. The summed E-state index contributed by atoms with van der Waals surface area (Å²) in [5, 5.41) is 0. The number of aryl methyl sites for hydroxylation is 1. The van der Waals surface area contributed by atoms with Crippen LogP contribution in [0.3, 0.4) is 0 Å². The summed E-state index contributed by atoms with van der Waals surface area (Å²) in [5.41, 5.74) is 0.793. The van der Waals surface area contributed by atoms with Gasteiger partial charge < -0.3 is 18.6 Å². The van der Waals surface area contributed by atoms with E-state index in [4.69, 9.17) is 9.15 Å². The van der Waals surface area contributed by atoms with Gasteiger partial charge in [-0.3, -0.25) is 4.79 Å². The zero-order valence-electron chi connectivity index (χ0n) is 14.8. The molecule has 2 aromatic heterocycles. The Balaban J connectivity index is 1.60. The summed E-state index contributed by atoms with van der Waals surface area (Å²) in [5.74, 6) is 1.85. The number of carbonyl (C=O) groups excluding carboxylic acids is 1. The van der Waals surface area contributed by atoms with E-state index in [0.29, 0.717) is 25.8 Å². The Morgan fingerprint density at radius 2 is 2.08 bits per heavy atom. The van der Waals surface area contributed by atoms with Crippen molar-refractivity contribution in [3.8, 4) is 0 Å². The summed E-state index contributed by atoms with van der Waals surface area (Å²) >= 11 is 0. The number of ether oxygens (including phenoxy) is 1. The van der Waals surface area contributed by atoms with Crippen LogP contribution < -0.4 is 0 Å². The molecular formula is C20H26N2O3. The van der Waals surface area contributed by atoms with Gasteiger partial charge in [0.2, 0.25) is 0 Å². The van der Waals surface area contributed by atoms with Crippen molar-refractivity contribution in [3.05, 3.63) is 47.7 Å². The molecule has 0 aromatic carbocycles. The molecule has 1 aliphatic heterocycles. The van der Waals surface area contributed by atoms with Crippen molar-refractivity contribution in [2.75, 3.05) is 19.8 Å². The number of amides is 1. The highest BCUT2D eigenvalue weighted by molar-refractivity contribution is 5.93. The molecule has 2 fully saturated rings. The molecule has 2 aromatic rings. The molecule has 5 nitrogen and oxygen atoms in total. The van der Waals surface area contributed by atoms with Gasteiger partial charge in [-0.2, -0.15) is 0 Å². The van der Waals surface area contributed by atoms with E-state index in [2.05, 4.69) is 17.7 Å². The molecule has 1 amide bonds. The lowest BCUT2D eigenvalue weighted by Crippen LogP contribution is -2.44. The maximum absolute atomic E-state index is 13.3. The lowest BCUT2D eigenvalue weighted by atomic mass is 10.1. The van der Waals surface area contributed by atoms with Crippen LogP contribution in [0.25, 0.3) is 0 Å². The van der Waals surface area contributed by atoms with E-state index in [1.807, 2.05) is 29.2 Å². The minimum atomic E-state index is -0.145. The van der Waals surface area contributed by atoms with Crippen LogP contribution in [-0.4, -0.2) is 35.1 Å². The van der Waals surface area contributed by atoms with E-state index < -0.39 is 0 Å². The minimum absolute atomic E-state index is 0.0830. The van der Waals surface area contributed by atoms with Crippen LogP contribution in [0, 0.1) is 0 Å². The first kappa shape index (κ1) is 16.5. The molecule has 1 saturated heterocycles. The van der Waals surface area contributed by atoms with Gasteiger partial charge in [0, 0.05) is 25.2 Å². The van der Waals surface area contributed by atoms with E-state index in [-0.39, 0.29) is 11.9 Å². The molecule has 3 heterocycles. The average molecular weight is 342 g/mol. The number of aromatic nitrogens is 1. The zero-order chi connectivity index (χ0) is 17.2. The lowest BCUT2D eigenvalue weighted by Gasteiger charge is -2.35. The van der Waals surface area contributed by atoms with Crippen LogP contribution in [-0.2, 0) is 11.2 Å². The van der Waals surface area contributed by atoms with Gasteiger partial charge in [-0.1, -0.05) is 19.8 Å². The van der Waals surface area contributed by atoms with Gasteiger partial charge in [-0.25, -0.2) is 0 Å². The summed E-state index contributed by atoms with van der Waals surface area (Å²) in [6, 6.07) is 8.23. The third kappa shape index (κ3) is 3.13. The number of furan rings is 1. The molecule has 0 spiro atoms. The van der Waals surface area contributed by atoms with E-state index in [9.17, 15) is 4.79 Å². The van der Waals surface area contributed by atoms with Crippen LogP contribution in [0.4, 0.5) is 0 Å². The van der Waals surface area contributed by atoms with Crippen LogP contribution >= 0.6 is 0 Å². The third-order valence-corrected chi connectivity index (χ3v) is 5.46. The first-order valence-corrected chi connectivity index (χ1v) is 9.42. The first-order valence-electron chi connectivity index (χ1n) is 9.42. The molecule has 25 heavy (non-hydrogen) atoms. The van der Waals surface area contributed by atoms with Gasteiger partial charge >= 0.3 is 0 Å². The topological polar surface area (TPSA) is 47.6 Å². The Morgan fingerprint density at radius 1 is 1.24 bits per heavy atom. The highest BCUT2D eigenvalue weighted by Gasteiger charge is 2.33. The SMILES string of the molecule is CCc1ccc([C@H]2COCCN2C(=O)c2cccn2C2CCCC2)o1. The number of nitrogens with zero attached hydrogens (tertiary/aromatic N) is 2. The third-order valence-electron chi connectivity index (χ3n) is 5.46.